The van der Waals surface area contributed by atoms with E-state index in [2.05, 4.69) is 50.0 Å². The molecule has 2 aromatic rings. The van der Waals surface area contributed by atoms with Crippen molar-refractivity contribution < 1.29 is 4.74 Å². The van der Waals surface area contributed by atoms with Gasteiger partial charge < -0.3 is 10.1 Å². The lowest BCUT2D eigenvalue weighted by Gasteiger charge is -2.14. The zero-order valence-corrected chi connectivity index (χ0v) is 15.3. The summed E-state index contributed by atoms with van der Waals surface area (Å²) in [5, 5.41) is 9.30. The fourth-order valence-electron chi connectivity index (χ4n) is 2.75. The van der Waals surface area contributed by atoms with Gasteiger partial charge in [-0.05, 0) is 26.7 Å². The molecule has 0 amide bonds. The van der Waals surface area contributed by atoms with Crippen molar-refractivity contribution in [1.29, 1.82) is 0 Å². The SMILES string of the molecule is COc1c(CN[C@H](C)c2sc(C)nc2C)c(C(C)C)nn1C. The van der Waals surface area contributed by atoms with E-state index in [1.807, 2.05) is 11.7 Å². The number of nitrogens with one attached hydrogen (secondary N) is 1. The van der Waals surface area contributed by atoms with E-state index in [1.54, 1.807) is 18.4 Å². The van der Waals surface area contributed by atoms with Crippen LogP contribution >= 0.6 is 11.3 Å². The van der Waals surface area contributed by atoms with E-state index < -0.39 is 0 Å². The van der Waals surface area contributed by atoms with Crippen LogP contribution in [0.3, 0.4) is 0 Å². The summed E-state index contributed by atoms with van der Waals surface area (Å²) in [6.45, 7) is 11.4. The molecule has 2 aromatic heterocycles. The Labute approximate surface area is 136 Å². The zero-order valence-electron chi connectivity index (χ0n) is 14.5. The van der Waals surface area contributed by atoms with Gasteiger partial charge in [-0.1, -0.05) is 13.8 Å². The quantitative estimate of drug-likeness (QED) is 0.884. The molecule has 5 nitrogen and oxygen atoms in total. The Kier molecular flexibility index (Phi) is 5.24. The van der Waals surface area contributed by atoms with Crippen molar-refractivity contribution in [3.63, 3.8) is 0 Å². The highest BCUT2D eigenvalue weighted by Gasteiger charge is 2.20. The monoisotopic (exact) mass is 322 g/mol. The number of thiazole rings is 1. The first kappa shape index (κ1) is 17.0. The number of aryl methyl sites for hydroxylation is 3. The van der Waals surface area contributed by atoms with Crippen molar-refractivity contribution >= 4 is 11.3 Å². The highest BCUT2D eigenvalue weighted by molar-refractivity contribution is 7.11. The average Bonchev–Trinajstić information content (AvgIpc) is 2.95. The molecule has 0 unspecified atom stereocenters. The molecule has 0 aromatic carbocycles. The number of rotatable bonds is 6. The number of aromatic nitrogens is 3. The van der Waals surface area contributed by atoms with Crippen LogP contribution in [-0.2, 0) is 13.6 Å². The van der Waals surface area contributed by atoms with Crippen LogP contribution in [0.2, 0.25) is 0 Å². The molecule has 0 saturated heterocycles. The molecule has 2 rings (SSSR count). The van der Waals surface area contributed by atoms with Gasteiger partial charge in [0.2, 0.25) is 5.88 Å². The van der Waals surface area contributed by atoms with Crippen LogP contribution in [0.5, 0.6) is 5.88 Å². The number of hydrogen-bond acceptors (Lipinski definition) is 5. The van der Waals surface area contributed by atoms with E-state index in [4.69, 9.17) is 4.74 Å². The Morgan fingerprint density at radius 2 is 1.95 bits per heavy atom. The van der Waals surface area contributed by atoms with E-state index in [0.717, 1.165) is 34.4 Å². The van der Waals surface area contributed by atoms with Crippen molar-refractivity contribution in [2.24, 2.45) is 7.05 Å². The van der Waals surface area contributed by atoms with Crippen molar-refractivity contribution in [3.05, 3.63) is 26.8 Å². The Bertz CT molecular complexity index is 645. The lowest BCUT2D eigenvalue weighted by molar-refractivity contribution is 0.367. The van der Waals surface area contributed by atoms with E-state index in [0.29, 0.717) is 5.92 Å². The lowest BCUT2D eigenvalue weighted by atomic mass is 10.1. The van der Waals surface area contributed by atoms with Crippen molar-refractivity contribution in [1.82, 2.24) is 20.1 Å². The number of ether oxygens (including phenoxy) is 1. The topological polar surface area (TPSA) is 52.0 Å². The smallest absolute Gasteiger partial charge is 0.216 e. The van der Waals surface area contributed by atoms with E-state index in [1.165, 1.54) is 4.88 Å². The molecule has 0 aliphatic carbocycles. The molecule has 6 heteroatoms. The fourth-order valence-corrected chi connectivity index (χ4v) is 3.71. The van der Waals surface area contributed by atoms with Gasteiger partial charge in [0.1, 0.15) is 0 Å². The van der Waals surface area contributed by atoms with Crippen molar-refractivity contribution in [2.75, 3.05) is 7.11 Å². The van der Waals surface area contributed by atoms with Gasteiger partial charge >= 0.3 is 0 Å². The maximum atomic E-state index is 5.52. The molecule has 0 bridgehead atoms. The first-order valence-electron chi connectivity index (χ1n) is 7.62. The first-order chi connectivity index (χ1) is 10.3. The molecule has 1 atom stereocenters. The summed E-state index contributed by atoms with van der Waals surface area (Å²) in [5.74, 6) is 1.20. The zero-order chi connectivity index (χ0) is 16.4. The van der Waals surface area contributed by atoms with Gasteiger partial charge in [0, 0.05) is 24.5 Å². The molecule has 0 aliphatic heterocycles. The summed E-state index contributed by atoms with van der Waals surface area (Å²) >= 11 is 1.76. The molecule has 0 spiro atoms. The summed E-state index contributed by atoms with van der Waals surface area (Å²) in [6.07, 6.45) is 0. The van der Waals surface area contributed by atoms with Crippen LogP contribution in [0.15, 0.2) is 0 Å². The number of hydrogen-bond donors (Lipinski definition) is 1. The molecule has 0 aliphatic rings. The van der Waals surface area contributed by atoms with Crippen molar-refractivity contribution in [2.45, 2.75) is 53.1 Å². The fraction of sp³-hybridized carbons (Fsp3) is 0.625. The highest BCUT2D eigenvalue weighted by Crippen LogP contribution is 2.29. The van der Waals surface area contributed by atoms with Crippen LogP contribution in [-0.4, -0.2) is 21.9 Å². The normalized spacial score (nSPS) is 12.9. The Morgan fingerprint density at radius 1 is 1.27 bits per heavy atom. The molecule has 0 fully saturated rings. The largest absolute Gasteiger partial charge is 0.481 e. The Morgan fingerprint density at radius 3 is 2.45 bits per heavy atom. The third-order valence-electron chi connectivity index (χ3n) is 3.78. The van der Waals surface area contributed by atoms with E-state index in [-0.39, 0.29) is 6.04 Å². The van der Waals surface area contributed by atoms with Gasteiger partial charge in [0.15, 0.2) is 0 Å². The maximum absolute atomic E-state index is 5.52. The van der Waals surface area contributed by atoms with Crippen molar-refractivity contribution in [3.8, 4) is 5.88 Å². The minimum Gasteiger partial charge on any atom is -0.481 e. The molecule has 22 heavy (non-hydrogen) atoms. The Balaban J connectivity index is 2.19. The predicted octanol–water partition coefficient (Wildman–Crippen LogP) is 3.48. The second kappa shape index (κ2) is 6.79. The van der Waals surface area contributed by atoms with Gasteiger partial charge in [-0.2, -0.15) is 5.10 Å². The summed E-state index contributed by atoms with van der Waals surface area (Å²) in [6, 6.07) is 0.260. The van der Waals surface area contributed by atoms with Crippen LogP contribution in [0.25, 0.3) is 0 Å². The average molecular weight is 322 g/mol. The van der Waals surface area contributed by atoms with Gasteiger partial charge in [-0.3, -0.25) is 0 Å². The van der Waals surface area contributed by atoms with E-state index >= 15 is 0 Å². The van der Waals surface area contributed by atoms with Gasteiger partial charge in [0.25, 0.3) is 0 Å². The molecular weight excluding hydrogens is 296 g/mol. The van der Waals surface area contributed by atoms with Gasteiger partial charge in [-0.15, -0.1) is 11.3 Å². The summed E-state index contributed by atoms with van der Waals surface area (Å²) in [4.78, 5) is 5.81. The van der Waals surface area contributed by atoms with E-state index in [9.17, 15) is 0 Å². The minimum absolute atomic E-state index is 0.260. The van der Waals surface area contributed by atoms with Crippen LogP contribution < -0.4 is 10.1 Å². The second-order valence-corrected chi connectivity index (χ2v) is 7.17. The third kappa shape index (κ3) is 3.33. The number of methoxy groups -OCH3 is 1. The minimum atomic E-state index is 0.260. The number of nitrogens with zero attached hydrogens (tertiary/aromatic N) is 3. The lowest BCUT2D eigenvalue weighted by Crippen LogP contribution is -2.19. The summed E-state index contributed by atoms with van der Waals surface area (Å²) < 4.78 is 7.34. The molecule has 122 valence electrons. The molecule has 2 heterocycles. The molecule has 0 saturated carbocycles. The van der Waals surface area contributed by atoms with Crippen LogP contribution in [0, 0.1) is 13.8 Å². The molecular formula is C16H26N4OS. The maximum Gasteiger partial charge on any atom is 0.216 e. The predicted molar refractivity (Wildman–Crippen MR) is 90.7 cm³/mol. The third-order valence-corrected chi connectivity index (χ3v) is 5.03. The standard InChI is InChI=1S/C16H26N4OS/c1-9(2)14-13(16(21-7)20(6)19-14)8-17-10(3)15-11(4)18-12(5)22-15/h9-10,17H,8H2,1-7H3/t10-/m1/s1. The van der Waals surface area contributed by atoms with Gasteiger partial charge in [-0.25, -0.2) is 9.67 Å². The Hall–Kier alpha value is -1.40. The first-order valence-corrected chi connectivity index (χ1v) is 8.43. The molecule has 0 radical (unpaired) electrons. The van der Waals surface area contributed by atoms with Crippen LogP contribution in [0.4, 0.5) is 0 Å². The molecule has 1 N–H and O–H groups in total. The second-order valence-electron chi connectivity index (χ2n) is 5.94. The highest BCUT2D eigenvalue weighted by atomic mass is 32.1. The van der Waals surface area contributed by atoms with Gasteiger partial charge in [0.05, 0.1) is 29.1 Å². The summed E-state index contributed by atoms with van der Waals surface area (Å²) in [5.41, 5.74) is 3.35. The van der Waals surface area contributed by atoms with Crippen LogP contribution in [0.1, 0.15) is 59.6 Å². The summed E-state index contributed by atoms with van der Waals surface area (Å²) in [7, 11) is 3.62.